The van der Waals surface area contributed by atoms with E-state index in [9.17, 15) is 8.42 Å². The molecule has 0 N–H and O–H groups in total. The van der Waals surface area contributed by atoms with Crippen LogP contribution in [0, 0.1) is 11.7 Å². The van der Waals surface area contributed by atoms with Gasteiger partial charge in [0.1, 0.15) is 0 Å². The van der Waals surface area contributed by atoms with Crippen LogP contribution in [0.3, 0.4) is 0 Å². The summed E-state index contributed by atoms with van der Waals surface area (Å²) >= 11 is 1.60. The summed E-state index contributed by atoms with van der Waals surface area (Å²) in [7, 11) is -3.23. The average Bonchev–Trinajstić information content (AvgIpc) is 1.84. The van der Waals surface area contributed by atoms with E-state index in [-0.39, 0.29) is 10.5 Å². The second-order valence-corrected chi connectivity index (χ2v) is 7.19. The van der Waals surface area contributed by atoms with Crippen LogP contribution in [0.15, 0.2) is 0 Å². The molecular weight excluding hydrogens is 192 g/mol. The first-order valence-electron chi connectivity index (χ1n) is 3.61. The van der Waals surface area contributed by atoms with Gasteiger partial charge in [-0.2, -0.15) is 11.8 Å². The highest BCUT2D eigenvalue weighted by Crippen LogP contribution is 2.22. The quantitative estimate of drug-likeness (QED) is 0.518. The lowest BCUT2D eigenvalue weighted by atomic mass is 10.3. The molecule has 0 saturated carbocycles. The normalized spacial score (nSPS) is 12.5. The fourth-order valence-electron chi connectivity index (χ4n) is 0.516. The molecule has 0 bridgehead atoms. The second kappa shape index (κ2) is 4.20. The predicted octanol–water partition coefficient (Wildman–Crippen LogP) is 1.52. The maximum Gasteiger partial charge on any atom is 0.217 e. The number of hydrogen-bond acceptors (Lipinski definition) is 3. The van der Waals surface area contributed by atoms with Crippen molar-refractivity contribution in [2.75, 3.05) is 11.5 Å². The summed E-state index contributed by atoms with van der Waals surface area (Å²) in [5.41, 5.74) is 0. The number of sulfone groups is 1. The minimum absolute atomic E-state index is 0.0748. The summed E-state index contributed by atoms with van der Waals surface area (Å²) < 4.78 is 21.8. The van der Waals surface area contributed by atoms with Crippen LogP contribution in [0.25, 0.3) is 0 Å². The number of thioether (sulfide) groups is 1. The summed E-state index contributed by atoms with van der Waals surface area (Å²) in [4.78, 5) is 0. The van der Waals surface area contributed by atoms with E-state index in [2.05, 4.69) is 0 Å². The number of hydrogen-bond donors (Lipinski definition) is 0. The summed E-state index contributed by atoms with van der Waals surface area (Å²) in [6.45, 7) is 6.13. The molecule has 0 aliphatic rings. The van der Waals surface area contributed by atoms with E-state index in [1.807, 2.05) is 20.8 Å². The Kier molecular flexibility index (Phi) is 4.15. The summed E-state index contributed by atoms with van der Waals surface area (Å²) in [6, 6.07) is 0. The average molecular weight is 206 g/mol. The molecule has 0 fully saturated rings. The van der Waals surface area contributed by atoms with E-state index in [1.165, 1.54) is 0 Å². The van der Waals surface area contributed by atoms with Gasteiger partial charge in [-0.05, 0) is 0 Å². The molecule has 0 heterocycles. The lowest BCUT2D eigenvalue weighted by Gasteiger charge is -2.16. The van der Waals surface area contributed by atoms with Crippen molar-refractivity contribution in [2.45, 2.75) is 25.5 Å². The Morgan fingerprint density at radius 3 is 2.25 bits per heavy atom. The topological polar surface area (TPSA) is 34.1 Å². The Bertz CT molecular complexity index is 264. The van der Waals surface area contributed by atoms with Crippen LogP contribution in [-0.2, 0) is 9.84 Å². The molecule has 0 aromatic rings. The lowest BCUT2D eigenvalue weighted by Crippen LogP contribution is -2.13. The molecule has 0 spiro atoms. The fraction of sp³-hybridized carbons (Fsp3) is 0.750. The SMILES string of the molecule is C#CS(=O)(=O)CCSC(C)(C)C. The Hall–Kier alpha value is -0.140. The van der Waals surface area contributed by atoms with Crippen molar-refractivity contribution in [3.63, 3.8) is 0 Å². The van der Waals surface area contributed by atoms with Gasteiger partial charge in [0.25, 0.3) is 0 Å². The maximum absolute atomic E-state index is 10.8. The Labute approximate surface area is 79.0 Å². The molecule has 4 heteroatoms. The van der Waals surface area contributed by atoms with Gasteiger partial charge in [-0.25, -0.2) is 8.42 Å². The van der Waals surface area contributed by atoms with Gasteiger partial charge in [-0.1, -0.05) is 20.8 Å². The highest BCUT2D eigenvalue weighted by Gasteiger charge is 2.12. The van der Waals surface area contributed by atoms with Crippen LogP contribution in [0.1, 0.15) is 20.8 Å². The highest BCUT2D eigenvalue weighted by molar-refractivity contribution is 8.02. The van der Waals surface area contributed by atoms with Gasteiger partial charge in [0, 0.05) is 15.8 Å². The van der Waals surface area contributed by atoms with Crippen molar-refractivity contribution in [3.8, 4) is 11.7 Å². The maximum atomic E-state index is 10.8. The lowest BCUT2D eigenvalue weighted by molar-refractivity contribution is 0.607. The number of terminal acetylenes is 1. The third kappa shape index (κ3) is 6.56. The molecule has 0 unspecified atom stereocenters. The molecule has 12 heavy (non-hydrogen) atoms. The van der Waals surface area contributed by atoms with Gasteiger partial charge in [-0.3, -0.25) is 0 Å². The van der Waals surface area contributed by atoms with Gasteiger partial charge >= 0.3 is 0 Å². The minimum atomic E-state index is -3.23. The van der Waals surface area contributed by atoms with Crippen molar-refractivity contribution in [3.05, 3.63) is 0 Å². The molecule has 0 aliphatic heterocycles. The van der Waals surface area contributed by atoms with E-state index in [0.717, 1.165) is 0 Å². The minimum Gasteiger partial charge on any atom is -0.215 e. The summed E-state index contributed by atoms with van der Waals surface area (Å²) in [6.07, 6.45) is 4.81. The predicted molar refractivity (Wildman–Crippen MR) is 54.8 cm³/mol. The molecule has 0 aromatic carbocycles. The molecular formula is C8H14O2S2. The van der Waals surface area contributed by atoms with Gasteiger partial charge in [0.05, 0.1) is 5.75 Å². The molecule has 70 valence electrons. The van der Waals surface area contributed by atoms with Crippen molar-refractivity contribution < 1.29 is 8.42 Å². The van der Waals surface area contributed by atoms with E-state index < -0.39 is 9.84 Å². The van der Waals surface area contributed by atoms with E-state index >= 15 is 0 Å². The first kappa shape index (κ1) is 11.9. The van der Waals surface area contributed by atoms with Gasteiger partial charge < -0.3 is 0 Å². The van der Waals surface area contributed by atoms with Gasteiger partial charge in [0.15, 0.2) is 0 Å². The zero-order valence-electron chi connectivity index (χ0n) is 7.62. The van der Waals surface area contributed by atoms with Crippen LogP contribution in [0.5, 0.6) is 0 Å². The first-order valence-corrected chi connectivity index (χ1v) is 6.25. The molecule has 0 aromatic heterocycles. The summed E-state index contributed by atoms with van der Waals surface area (Å²) in [5.74, 6) is 0.640. The molecule has 0 rings (SSSR count). The Balaban J connectivity index is 3.83. The first-order chi connectivity index (χ1) is 5.27. The second-order valence-electron chi connectivity index (χ2n) is 3.40. The van der Waals surface area contributed by atoms with Gasteiger partial charge in [0.2, 0.25) is 9.84 Å². The van der Waals surface area contributed by atoms with Crippen molar-refractivity contribution >= 4 is 21.6 Å². The van der Waals surface area contributed by atoms with Crippen LogP contribution in [0.4, 0.5) is 0 Å². The van der Waals surface area contributed by atoms with Crippen LogP contribution in [0.2, 0.25) is 0 Å². The van der Waals surface area contributed by atoms with Crippen molar-refractivity contribution in [2.24, 2.45) is 0 Å². The molecule has 0 radical (unpaired) electrons. The van der Waals surface area contributed by atoms with Crippen LogP contribution >= 0.6 is 11.8 Å². The van der Waals surface area contributed by atoms with E-state index in [4.69, 9.17) is 6.42 Å². The molecule has 0 aliphatic carbocycles. The van der Waals surface area contributed by atoms with E-state index in [0.29, 0.717) is 5.75 Å². The zero-order chi connectivity index (χ0) is 9.83. The van der Waals surface area contributed by atoms with Crippen LogP contribution in [-0.4, -0.2) is 24.7 Å². The van der Waals surface area contributed by atoms with Crippen LogP contribution < -0.4 is 0 Å². The standard InChI is InChI=1S/C8H14O2S2/c1-5-12(9,10)7-6-11-8(2,3)4/h1H,6-7H2,2-4H3. The third-order valence-electron chi connectivity index (χ3n) is 1.07. The number of rotatable bonds is 3. The Morgan fingerprint density at radius 2 is 1.92 bits per heavy atom. The summed E-state index contributed by atoms with van der Waals surface area (Å²) in [5, 5.41) is 1.79. The molecule has 2 nitrogen and oxygen atoms in total. The zero-order valence-corrected chi connectivity index (χ0v) is 9.26. The molecule has 0 saturated heterocycles. The van der Waals surface area contributed by atoms with Crippen molar-refractivity contribution in [1.29, 1.82) is 0 Å². The van der Waals surface area contributed by atoms with Crippen molar-refractivity contribution in [1.82, 2.24) is 0 Å². The molecule has 0 atom stereocenters. The smallest absolute Gasteiger partial charge is 0.215 e. The van der Waals surface area contributed by atoms with Gasteiger partial charge in [-0.15, -0.1) is 6.42 Å². The largest absolute Gasteiger partial charge is 0.217 e. The highest BCUT2D eigenvalue weighted by atomic mass is 32.2. The fourth-order valence-corrected chi connectivity index (χ4v) is 2.46. The van der Waals surface area contributed by atoms with E-state index in [1.54, 1.807) is 17.0 Å². The molecule has 0 amide bonds. The Morgan fingerprint density at radius 1 is 1.42 bits per heavy atom. The monoisotopic (exact) mass is 206 g/mol. The third-order valence-corrected chi connectivity index (χ3v) is 3.70.